The minimum Gasteiger partial charge on any atom is -0.452 e. The van der Waals surface area contributed by atoms with E-state index in [4.69, 9.17) is 4.74 Å². The van der Waals surface area contributed by atoms with Crippen molar-refractivity contribution >= 4 is 23.4 Å². The predicted octanol–water partition coefficient (Wildman–Crippen LogP) is 4.12. The van der Waals surface area contributed by atoms with Crippen molar-refractivity contribution in [2.24, 2.45) is 0 Å². The lowest BCUT2D eigenvalue weighted by Crippen LogP contribution is -2.21. The number of benzene rings is 2. The van der Waals surface area contributed by atoms with Gasteiger partial charge < -0.3 is 15.4 Å². The second-order valence-electron chi connectivity index (χ2n) is 6.92. The van der Waals surface area contributed by atoms with Gasteiger partial charge in [-0.15, -0.1) is 0 Å². The van der Waals surface area contributed by atoms with Crippen LogP contribution in [0.4, 0.5) is 11.5 Å². The monoisotopic (exact) mass is 387 g/mol. The smallest absolute Gasteiger partial charge is 0.340 e. The van der Waals surface area contributed by atoms with Gasteiger partial charge in [-0.3, -0.25) is 4.79 Å². The van der Waals surface area contributed by atoms with Gasteiger partial charge in [-0.05, 0) is 48.2 Å². The molecular formula is C23H21N3O3. The summed E-state index contributed by atoms with van der Waals surface area (Å²) < 4.78 is 5.08. The quantitative estimate of drug-likeness (QED) is 0.596. The van der Waals surface area contributed by atoms with Crippen molar-refractivity contribution in [3.63, 3.8) is 0 Å². The van der Waals surface area contributed by atoms with E-state index in [1.54, 1.807) is 12.1 Å². The van der Waals surface area contributed by atoms with Crippen LogP contribution in [0.2, 0.25) is 0 Å². The van der Waals surface area contributed by atoms with E-state index in [1.165, 1.54) is 6.20 Å². The van der Waals surface area contributed by atoms with Crippen LogP contribution in [-0.4, -0.2) is 29.5 Å². The molecule has 1 aliphatic rings. The van der Waals surface area contributed by atoms with E-state index in [0.29, 0.717) is 17.3 Å². The third kappa shape index (κ3) is 5.19. The molecule has 0 radical (unpaired) electrons. The summed E-state index contributed by atoms with van der Waals surface area (Å²) in [7, 11) is 0. The normalized spacial score (nSPS) is 12.8. The maximum absolute atomic E-state index is 12.1. The fraction of sp³-hybridized carbons (Fsp3) is 0.174. The topological polar surface area (TPSA) is 80.3 Å². The Balaban J connectivity index is 1.26. The number of nitrogens with zero attached hydrogens (tertiary/aromatic N) is 1. The largest absolute Gasteiger partial charge is 0.452 e. The van der Waals surface area contributed by atoms with Crippen molar-refractivity contribution < 1.29 is 14.3 Å². The highest BCUT2D eigenvalue weighted by atomic mass is 16.5. The molecule has 1 heterocycles. The van der Waals surface area contributed by atoms with Gasteiger partial charge in [0.05, 0.1) is 5.56 Å². The van der Waals surface area contributed by atoms with Crippen LogP contribution in [0.15, 0.2) is 72.9 Å². The lowest BCUT2D eigenvalue weighted by atomic mass is 10.1. The van der Waals surface area contributed by atoms with E-state index < -0.39 is 11.9 Å². The standard InChI is InChI=1S/C23H21N3O3/c27-22(26-20-9-6-17(7-10-20)16-4-2-1-3-5-16)15-29-23(28)18-8-13-21(24-14-18)25-19-11-12-19/h1-10,13-14,19H,11-12,15H2,(H,24,25)(H,26,27). The first-order chi connectivity index (χ1) is 14.2. The van der Waals surface area contributed by atoms with Crippen molar-refractivity contribution in [1.82, 2.24) is 4.98 Å². The molecule has 2 aromatic carbocycles. The molecule has 2 N–H and O–H groups in total. The highest BCUT2D eigenvalue weighted by Gasteiger charge is 2.21. The molecule has 1 aromatic heterocycles. The SMILES string of the molecule is O=C(COC(=O)c1ccc(NC2CC2)nc1)Nc1ccc(-c2ccccc2)cc1. The van der Waals surface area contributed by atoms with E-state index in [-0.39, 0.29) is 6.61 Å². The summed E-state index contributed by atoms with van der Waals surface area (Å²) >= 11 is 0. The summed E-state index contributed by atoms with van der Waals surface area (Å²) in [5, 5.41) is 5.97. The van der Waals surface area contributed by atoms with Gasteiger partial charge in [0, 0.05) is 17.9 Å². The zero-order valence-electron chi connectivity index (χ0n) is 15.8. The van der Waals surface area contributed by atoms with Gasteiger partial charge in [-0.1, -0.05) is 42.5 Å². The van der Waals surface area contributed by atoms with Gasteiger partial charge in [-0.25, -0.2) is 9.78 Å². The van der Waals surface area contributed by atoms with Crippen LogP contribution < -0.4 is 10.6 Å². The Kier molecular flexibility index (Phi) is 5.52. The van der Waals surface area contributed by atoms with Crippen molar-refractivity contribution in [2.45, 2.75) is 18.9 Å². The van der Waals surface area contributed by atoms with E-state index in [2.05, 4.69) is 15.6 Å². The number of ether oxygens (including phenoxy) is 1. The molecule has 146 valence electrons. The van der Waals surface area contributed by atoms with E-state index in [0.717, 1.165) is 29.8 Å². The number of hydrogen-bond acceptors (Lipinski definition) is 5. The molecule has 0 unspecified atom stereocenters. The summed E-state index contributed by atoms with van der Waals surface area (Å²) in [5.41, 5.74) is 3.11. The molecule has 3 aromatic rings. The molecule has 1 saturated carbocycles. The number of nitrogens with one attached hydrogen (secondary N) is 2. The number of carbonyl (C=O) groups excluding carboxylic acids is 2. The number of rotatable bonds is 7. The Hall–Kier alpha value is -3.67. The molecule has 0 atom stereocenters. The Morgan fingerprint density at radius 3 is 2.31 bits per heavy atom. The van der Waals surface area contributed by atoms with Gasteiger partial charge in [0.25, 0.3) is 5.91 Å². The maximum Gasteiger partial charge on any atom is 0.340 e. The number of amides is 1. The van der Waals surface area contributed by atoms with Crippen LogP contribution in [0.3, 0.4) is 0 Å². The molecule has 0 saturated heterocycles. The first-order valence-electron chi connectivity index (χ1n) is 9.52. The molecule has 29 heavy (non-hydrogen) atoms. The van der Waals surface area contributed by atoms with Crippen LogP contribution in [0.1, 0.15) is 23.2 Å². The van der Waals surface area contributed by atoms with Crippen molar-refractivity contribution in [3.05, 3.63) is 78.5 Å². The van der Waals surface area contributed by atoms with E-state index in [1.807, 2.05) is 54.6 Å². The number of anilines is 2. The van der Waals surface area contributed by atoms with Gasteiger partial charge >= 0.3 is 5.97 Å². The second-order valence-corrected chi connectivity index (χ2v) is 6.92. The molecule has 0 bridgehead atoms. The third-order valence-corrected chi connectivity index (χ3v) is 4.54. The zero-order valence-corrected chi connectivity index (χ0v) is 15.8. The lowest BCUT2D eigenvalue weighted by Gasteiger charge is -2.08. The first kappa shape index (κ1) is 18.7. The third-order valence-electron chi connectivity index (χ3n) is 4.54. The fourth-order valence-corrected chi connectivity index (χ4v) is 2.82. The number of carbonyl (C=O) groups is 2. The average molecular weight is 387 g/mol. The van der Waals surface area contributed by atoms with Gasteiger partial charge in [0.2, 0.25) is 0 Å². The molecule has 1 fully saturated rings. The summed E-state index contributed by atoms with van der Waals surface area (Å²) in [6.07, 6.45) is 3.75. The number of esters is 1. The van der Waals surface area contributed by atoms with E-state index in [9.17, 15) is 9.59 Å². The Bertz CT molecular complexity index is 982. The Morgan fingerprint density at radius 2 is 1.66 bits per heavy atom. The number of aromatic nitrogens is 1. The molecule has 1 amide bonds. The minimum absolute atomic E-state index is 0.311. The Morgan fingerprint density at radius 1 is 0.931 bits per heavy atom. The second kappa shape index (κ2) is 8.56. The van der Waals surface area contributed by atoms with Crippen molar-refractivity contribution in [2.75, 3.05) is 17.2 Å². The maximum atomic E-state index is 12.1. The van der Waals surface area contributed by atoms with E-state index >= 15 is 0 Å². The molecule has 6 heteroatoms. The summed E-state index contributed by atoms with van der Waals surface area (Å²) in [4.78, 5) is 28.4. The molecule has 6 nitrogen and oxygen atoms in total. The summed E-state index contributed by atoms with van der Waals surface area (Å²) in [6.45, 7) is -0.360. The van der Waals surface area contributed by atoms with Gasteiger partial charge in [0.15, 0.2) is 6.61 Å². The molecular weight excluding hydrogens is 366 g/mol. The predicted molar refractivity (Wildman–Crippen MR) is 112 cm³/mol. The summed E-state index contributed by atoms with van der Waals surface area (Å²) in [5.74, 6) is -0.239. The number of pyridine rings is 1. The minimum atomic E-state index is -0.579. The zero-order chi connectivity index (χ0) is 20.1. The van der Waals surface area contributed by atoms with Crippen LogP contribution >= 0.6 is 0 Å². The van der Waals surface area contributed by atoms with Gasteiger partial charge in [0.1, 0.15) is 5.82 Å². The first-order valence-corrected chi connectivity index (χ1v) is 9.52. The van der Waals surface area contributed by atoms with Crippen LogP contribution in [0, 0.1) is 0 Å². The van der Waals surface area contributed by atoms with Gasteiger partial charge in [-0.2, -0.15) is 0 Å². The van der Waals surface area contributed by atoms with Crippen LogP contribution in [0.5, 0.6) is 0 Å². The molecule has 1 aliphatic carbocycles. The molecule has 4 rings (SSSR count). The van der Waals surface area contributed by atoms with Crippen LogP contribution in [0.25, 0.3) is 11.1 Å². The highest BCUT2D eigenvalue weighted by Crippen LogP contribution is 2.23. The fourth-order valence-electron chi connectivity index (χ4n) is 2.82. The van der Waals surface area contributed by atoms with Crippen molar-refractivity contribution in [3.8, 4) is 11.1 Å². The van der Waals surface area contributed by atoms with Crippen LogP contribution in [-0.2, 0) is 9.53 Å². The highest BCUT2D eigenvalue weighted by molar-refractivity contribution is 5.95. The lowest BCUT2D eigenvalue weighted by molar-refractivity contribution is -0.119. The summed E-state index contributed by atoms with van der Waals surface area (Å²) in [6, 6.07) is 21.3. The average Bonchev–Trinajstić information content (AvgIpc) is 3.58. The van der Waals surface area contributed by atoms with Crippen molar-refractivity contribution in [1.29, 1.82) is 0 Å². The molecule has 0 aliphatic heterocycles. The Labute approximate surface area is 168 Å². The number of hydrogen-bond donors (Lipinski definition) is 2. The molecule has 0 spiro atoms.